The number of esters is 1. The third kappa shape index (κ3) is 3.77. The summed E-state index contributed by atoms with van der Waals surface area (Å²) in [4.78, 5) is 13.2. The minimum absolute atomic E-state index is 0.0612. The lowest BCUT2D eigenvalue weighted by Gasteiger charge is -2.19. The molecule has 1 rings (SSSR count). The summed E-state index contributed by atoms with van der Waals surface area (Å²) in [7, 11) is -2.24. The molecule has 0 aromatic carbocycles. The molecule has 19 heavy (non-hydrogen) atoms. The lowest BCUT2D eigenvalue weighted by Crippen LogP contribution is -2.33. The highest BCUT2D eigenvalue weighted by atomic mass is 32.2. The fraction of sp³-hybridized carbons (Fsp3) is 0.583. The summed E-state index contributed by atoms with van der Waals surface area (Å²) in [6.07, 6.45) is 0.0612. The molecule has 7 heteroatoms. The molecule has 0 saturated heterocycles. The van der Waals surface area contributed by atoms with E-state index < -0.39 is 16.0 Å². The molecule has 108 valence electrons. The fourth-order valence-electron chi connectivity index (χ4n) is 1.77. The molecule has 0 aliphatic rings. The highest BCUT2D eigenvalue weighted by Gasteiger charge is 2.26. The molecule has 0 N–H and O–H groups in total. The van der Waals surface area contributed by atoms with Crippen LogP contribution in [0, 0.1) is 13.8 Å². The minimum Gasteiger partial charge on any atom is -0.469 e. The highest BCUT2D eigenvalue weighted by molar-refractivity contribution is 7.89. The van der Waals surface area contributed by atoms with Gasteiger partial charge < -0.3 is 4.74 Å². The molecule has 1 aromatic rings. The van der Waals surface area contributed by atoms with Gasteiger partial charge in [-0.3, -0.25) is 4.79 Å². The molecule has 0 aliphatic heterocycles. The van der Waals surface area contributed by atoms with Gasteiger partial charge in [-0.25, -0.2) is 8.42 Å². The van der Waals surface area contributed by atoms with Gasteiger partial charge >= 0.3 is 5.97 Å². The molecular formula is C12H19NO4S2. The minimum atomic E-state index is -3.53. The summed E-state index contributed by atoms with van der Waals surface area (Å²) >= 11 is 1.46. The van der Waals surface area contributed by atoms with Crippen molar-refractivity contribution in [2.75, 3.05) is 20.2 Å². The Balaban J connectivity index is 2.96. The highest BCUT2D eigenvalue weighted by Crippen LogP contribution is 2.27. The molecule has 0 unspecified atom stereocenters. The monoisotopic (exact) mass is 305 g/mol. The Hall–Kier alpha value is -0.920. The van der Waals surface area contributed by atoms with Crippen LogP contribution in [0.3, 0.4) is 0 Å². The Labute approximate surface area is 118 Å². The van der Waals surface area contributed by atoms with Crippen molar-refractivity contribution in [2.24, 2.45) is 0 Å². The number of thiophene rings is 1. The van der Waals surface area contributed by atoms with E-state index in [0.717, 1.165) is 9.75 Å². The van der Waals surface area contributed by atoms with Crippen LogP contribution in [0.4, 0.5) is 0 Å². The van der Waals surface area contributed by atoms with Crippen LogP contribution in [-0.4, -0.2) is 38.9 Å². The normalized spacial score (nSPS) is 11.8. The summed E-state index contributed by atoms with van der Waals surface area (Å²) in [5.74, 6) is -0.410. The van der Waals surface area contributed by atoms with Crippen molar-refractivity contribution < 1.29 is 17.9 Å². The number of aryl methyl sites for hydroxylation is 2. The number of ether oxygens (including phenoxy) is 1. The number of carbonyl (C=O) groups excluding carboxylic acids is 1. The number of nitrogens with zero attached hydrogens (tertiary/aromatic N) is 1. The first-order valence-electron chi connectivity index (χ1n) is 5.97. The number of methoxy groups -OCH3 is 1. The van der Waals surface area contributed by atoms with Crippen LogP contribution in [0.15, 0.2) is 11.0 Å². The summed E-state index contributed by atoms with van der Waals surface area (Å²) < 4.78 is 30.8. The van der Waals surface area contributed by atoms with Crippen LogP contribution in [-0.2, 0) is 19.6 Å². The van der Waals surface area contributed by atoms with Gasteiger partial charge in [-0.2, -0.15) is 4.31 Å². The number of sulfonamides is 1. The predicted molar refractivity (Wildman–Crippen MR) is 74.9 cm³/mol. The van der Waals surface area contributed by atoms with E-state index in [9.17, 15) is 13.2 Å². The van der Waals surface area contributed by atoms with Gasteiger partial charge in [0.25, 0.3) is 0 Å². The Morgan fingerprint density at radius 2 is 2.05 bits per heavy atom. The molecule has 0 amide bonds. The van der Waals surface area contributed by atoms with Crippen molar-refractivity contribution >= 4 is 27.3 Å². The Morgan fingerprint density at radius 3 is 2.47 bits per heavy atom. The van der Waals surface area contributed by atoms with E-state index >= 15 is 0 Å². The second-order valence-corrected chi connectivity index (χ2v) is 7.47. The van der Waals surface area contributed by atoms with Crippen LogP contribution >= 0.6 is 11.3 Å². The van der Waals surface area contributed by atoms with Crippen molar-refractivity contribution in [1.82, 2.24) is 4.31 Å². The van der Waals surface area contributed by atoms with Crippen molar-refractivity contribution in [2.45, 2.75) is 32.1 Å². The first-order chi connectivity index (χ1) is 8.82. The zero-order chi connectivity index (χ0) is 14.6. The zero-order valence-corrected chi connectivity index (χ0v) is 13.2. The number of carbonyl (C=O) groups is 1. The second kappa shape index (κ2) is 6.49. The summed E-state index contributed by atoms with van der Waals surface area (Å²) in [6.45, 7) is 5.89. The van der Waals surface area contributed by atoms with Gasteiger partial charge in [0.05, 0.1) is 18.4 Å². The van der Waals surface area contributed by atoms with E-state index in [0.29, 0.717) is 11.4 Å². The van der Waals surface area contributed by atoms with E-state index in [4.69, 9.17) is 0 Å². The molecule has 0 fully saturated rings. The molecule has 5 nitrogen and oxygen atoms in total. The lowest BCUT2D eigenvalue weighted by molar-refractivity contribution is -0.140. The molecule has 1 aromatic heterocycles. The van der Waals surface area contributed by atoms with E-state index in [1.54, 1.807) is 19.9 Å². The first kappa shape index (κ1) is 16.1. The maximum absolute atomic E-state index is 12.5. The van der Waals surface area contributed by atoms with Gasteiger partial charge in [0, 0.05) is 22.8 Å². The fourth-order valence-corrected chi connectivity index (χ4v) is 4.74. The van der Waals surface area contributed by atoms with Gasteiger partial charge in [0.15, 0.2) is 0 Å². The van der Waals surface area contributed by atoms with E-state index in [2.05, 4.69) is 4.74 Å². The van der Waals surface area contributed by atoms with Crippen LogP contribution in [0.1, 0.15) is 23.1 Å². The maximum atomic E-state index is 12.5. The Bertz CT molecular complexity index is 548. The predicted octanol–water partition coefficient (Wildman–Crippen LogP) is 1.94. The third-order valence-corrected chi connectivity index (χ3v) is 5.95. The smallest absolute Gasteiger partial charge is 0.306 e. The van der Waals surface area contributed by atoms with E-state index in [1.165, 1.54) is 22.8 Å². The topological polar surface area (TPSA) is 63.7 Å². The van der Waals surface area contributed by atoms with Gasteiger partial charge in [-0.1, -0.05) is 6.92 Å². The average molecular weight is 305 g/mol. The van der Waals surface area contributed by atoms with E-state index in [1.807, 2.05) is 6.92 Å². The Morgan fingerprint density at radius 1 is 1.42 bits per heavy atom. The average Bonchev–Trinajstić information content (AvgIpc) is 2.69. The molecule has 0 aliphatic carbocycles. The molecular weight excluding hydrogens is 286 g/mol. The van der Waals surface area contributed by atoms with Crippen LogP contribution in [0.25, 0.3) is 0 Å². The van der Waals surface area contributed by atoms with E-state index in [-0.39, 0.29) is 13.0 Å². The maximum Gasteiger partial charge on any atom is 0.306 e. The quantitative estimate of drug-likeness (QED) is 0.753. The summed E-state index contributed by atoms with van der Waals surface area (Å²) in [5, 5.41) is 0. The third-order valence-electron chi connectivity index (χ3n) is 2.76. The SMILES string of the molecule is CCN(CCC(=O)OC)S(=O)(=O)c1cc(C)sc1C. The van der Waals surface area contributed by atoms with Crippen LogP contribution < -0.4 is 0 Å². The summed E-state index contributed by atoms with van der Waals surface area (Å²) in [6, 6.07) is 1.68. The van der Waals surface area contributed by atoms with Gasteiger partial charge in [0.1, 0.15) is 0 Å². The molecule has 0 saturated carbocycles. The lowest BCUT2D eigenvalue weighted by atomic mass is 10.4. The molecule has 1 heterocycles. The van der Waals surface area contributed by atoms with Gasteiger partial charge in [0.2, 0.25) is 10.0 Å². The van der Waals surface area contributed by atoms with Gasteiger partial charge in [-0.15, -0.1) is 11.3 Å². The van der Waals surface area contributed by atoms with Crippen molar-refractivity contribution in [3.05, 3.63) is 15.8 Å². The van der Waals surface area contributed by atoms with Crippen molar-refractivity contribution in [3.63, 3.8) is 0 Å². The van der Waals surface area contributed by atoms with Gasteiger partial charge in [-0.05, 0) is 19.9 Å². The number of hydrogen-bond acceptors (Lipinski definition) is 5. The number of rotatable bonds is 6. The van der Waals surface area contributed by atoms with Crippen molar-refractivity contribution in [1.29, 1.82) is 0 Å². The standard InChI is InChI=1S/C12H19NO4S2/c1-5-13(7-6-12(14)17-4)19(15,16)11-8-9(2)18-10(11)3/h8H,5-7H2,1-4H3. The number of hydrogen-bond donors (Lipinski definition) is 0. The van der Waals surface area contributed by atoms with Crippen LogP contribution in [0.2, 0.25) is 0 Å². The second-order valence-electron chi connectivity index (χ2n) is 4.10. The molecule has 0 spiro atoms. The summed E-state index contributed by atoms with van der Waals surface area (Å²) in [5.41, 5.74) is 0. The largest absolute Gasteiger partial charge is 0.469 e. The van der Waals surface area contributed by atoms with Crippen molar-refractivity contribution in [3.8, 4) is 0 Å². The first-order valence-corrected chi connectivity index (χ1v) is 8.22. The van der Waals surface area contributed by atoms with Crippen LogP contribution in [0.5, 0.6) is 0 Å². The zero-order valence-electron chi connectivity index (χ0n) is 11.6. The molecule has 0 atom stereocenters. The molecule has 0 radical (unpaired) electrons. The molecule has 0 bridgehead atoms. The Kier molecular flexibility index (Phi) is 5.51.